The number of carbonyl (C=O) groups excluding carboxylic acids is 1. The van der Waals surface area contributed by atoms with Crippen LogP contribution in [0.1, 0.15) is 18.1 Å². The van der Waals surface area contributed by atoms with E-state index in [9.17, 15) is 13.6 Å². The maximum atomic E-state index is 13.7. The summed E-state index contributed by atoms with van der Waals surface area (Å²) < 4.78 is 28.5. The number of aromatic nitrogens is 4. The van der Waals surface area contributed by atoms with Crippen molar-refractivity contribution < 1.29 is 13.6 Å². The average molecular weight is 389 g/mol. The van der Waals surface area contributed by atoms with Gasteiger partial charge in [0.05, 0.1) is 16.6 Å². The van der Waals surface area contributed by atoms with Crippen LogP contribution in [0.2, 0.25) is 0 Å². The number of hydrogen-bond acceptors (Lipinski definition) is 5. The monoisotopic (exact) mass is 389 g/mol. The summed E-state index contributed by atoms with van der Waals surface area (Å²) in [7, 11) is 0. The molecule has 3 aromatic rings. The Morgan fingerprint density at radius 1 is 1.19 bits per heavy atom. The molecule has 1 heterocycles. The van der Waals surface area contributed by atoms with E-state index in [0.29, 0.717) is 5.16 Å². The molecular weight excluding hydrogens is 372 g/mol. The van der Waals surface area contributed by atoms with Gasteiger partial charge in [0.1, 0.15) is 11.6 Å². The fourth-order valence-electron chi connectivity index (χ4n) is 2.49. The molecule has 0 fully saturated rings. The molecule has 0 unspecified atom stereocenters. The number of amides is 1. The number of aryl methyl sites for hydroxylation is 2. The summed E-state index contributed by atoms with van der Waals surface area (Å²) in [5.74, 6) is -1.83. The van der Waals surface area contributed by atoms with Gasteiger partial charge in [-0.2, -0.15) is 4.68 Å². The van der Waals surface area contributed by atoms with Gasteiger partial charge < -0.3 is 5.32 Å². The summed E-state index contributed by atoms with van der Waals surface area (Å²) in [6.07, 6.45) is 0. The summed E-state index contributed by atoms with van der Waals surface area (Å²) >= 11 is 1.12. The molecule has 6 nitrogen and oxygen atoms in total. The van der Waals surface area contributed by atoms with E-state index in [1.807, 2.05) is 32.0 Å². The van der Waals surface area contributed by atoms with Crippen LogP contribution in [0, 0.1) is 25.5 Å². The highest BCUT2D eigenvalue weighted by Crippen LogP contribution is 2.26. The lowest BCUT2D eigenvalue weighted by Crippen LogP contribution is -2.23. The third-order valence-electron chi connectivity index (χ3n) is 3.86. The number of thioether (sulfide) groups is 1. The second-order valence-corrected chi connectivity index (χ2v) is 7.34. The van der Waals surface area contributed by atoms with Gasteiger partial charge >= 0.3 is 0 Å². The number of tetrazole rings is 1. The molecule has 0 spiro atoms. The average Bonchev–Trinajstić information content (AvgIpc) is 3.06. The lowest BCUT2D eigenvalue weighted by molar-refractivity contribution is -0.115. The summed E-state index contributed by atoms with van der Waals surface area (Å²) in [5, 5.41) is 13.8. The van der Waals surface area contributed by atoms with E-state index >= 15 is 0 Å². The smallest absolute Gasteiger partial charge is 0.237 e. The molecule has 0 radical (unpaired) electrons. The van der Waals surface area contributed by atoms with Crippen LogP contribution in [0.25, 0.3) is 5.69 Å². The van der Waals surface area contributed by atoms with Crippen LogP contribution < -0.4 is 5.32 Å². The third kappa shape index (κ3) is 4.30. The van der Waals surface area contributed by atoms with E-state index in [2.05, 4.69) is 20.8 Å². The molecule has 27 heavy (non-hydrogen) atoms. The van der Waals surface area contributed by atoms with Crippen molar-refractivity contribution >= 4 is 23.4 Å². The molecule has 0 saturated heterocycles. The van der Waals surface area contributed by atoms with Crippen LogP contribution in [-0.4, -0.2) is 31.4 Å². The van der Waals surface area contributed by atoms with Crippen molar-refractivity contribution in [3.8, 4) is 5.69 Å². The minimum Gasteiger partial charge on any atom is -0.323 e. The van der Waals surface area contributed by atoms with Gasteiger partial charge in [0, 0.05) is 6.07 Å². The van der Waals surface area contributed by atoms with Crippen molar-refractivity contribution in [3.05, 3.63) is 59.2 Å². The van der Waals surface area contributed by atoms with E-state index < -0.39 is 22.8 Å². The first kappa shape index (κ1) is 19.0. The second kappa shape index (κ2) is 7.83. The van der Waals surface area contributed by atoms with Crippen molar-refractivity contribution in [2.24, 2.45) is 0 Å². The number of carbonyl (C=O) groups is 1. The number of anilines is 1. The Morgan fingerprint density at radius 3 is 2.70 bits per heavy atom. The number of benzene rings is 2. The summed E-state index contributed by atoms with van der Waals surface area (Å²) in [4.78, 5) is 12.4. The first-order valence-electron chi connectivity index (χ1n) is 8.13. The number of nitrogens with one attached hydrogen (secondary N) is 1. The molecule has 1 aromatic heterocycles. The lowest BCUT2D eigenvalue weighted by atomic mass is 10.1. The summed E-state index contributed by atoms with van der Waals surface area (Å²) in [6, 6.07) is 8.74. The highest BCUT2D eigenvalue weighted by molar-refractivity contribution is 8.00. The molecular formula is C18H17F2N5OS. The van der Waals surface area contributed by atoms with Crippen molar-refractivity contribution in [2.45, 2.75) is 31.2 Å². The fraction of sp³-hybridized carbons (Fsp3) is 0.222. The summed E-state index contributed by atoms with van der Waals surface area (Å²) in [6.45, 7) is 5.57. The molecule has 9 heteroatoms. The minimum absolute atomic E-state index is 0.207. The SMILES string of the molecule is Cc1ccc(-n2nnnc2S[C@H](C)C(=O)Nc2cc(F)ccc2F)c(C)c1. The molecule has 0 saturated carbocycles. The molecule has 1 amide bonds. The van der Waals surface area contributed by atoms with E-state index in [-0.39, 0.29) is 5.69 Å². The zero-order chi connectivity index (χ0) is 19.6. The molecule has 0 aliphatic heterocycles. The Labute approximate surface area is 159 Å². The van der Waals surface area contributed by atoms with Crippen LogP contribution in [0.15, 0.2) is 41.6 Å². The summed E-state index contributed by atoms with van der Waals surface area (Å²) in [5.41, 5.74) is 2.70. The minimum atomic E-state index is -0.706. The van der Waals surface area contributed by atoms with Gasteiger partial charge in [-0.1, -0.05) is 29.5 Å². The zero-order valence-corrected chi connectivity index (χ0v) is 15.7. The predicted octanol–water partition coefficient (Wildman–Crippen LogP) is 3.68. The number of hydrogen-bond donors (Lipinski definition) is 1. The Morgan fingerprint density at radius 2 is 1.96 bits per heavy atom. The van der Waals surface area contributed by atoms with Crippen LogP contribution in [-0.2, 0) is 4.79 Å². The standard InChI is InChI=1S/C18H17F2N5OS/c1-10-4-7-16(11(2)8-10)25-18(22-23-24-25)27-12(3)17(26)21-15-9-13(19)5-6-14(15)20/h4-9,12H,1-3H3,(H,21,26)/t12-/m1/s1. The highest BCUT2D eigenvalue weighted by Gasteiger charge is 2.21. The van der Waals surface area contributed by atoms with Crippen molar-refractivity contribution in [2.75, 3.05) is 5.32 Å². The zero-order valence-electron chi connectivity index (χ0n) is 14.9. The van der Waals surface area contributed by atoms with Gasteiger partial charge in [-0.25, -0.2) is 8.78 Å². The Balaban J connectivity index is 1.77. The van der Waals surface area contributed by atoms with Gasteiger partial charge in [-0.15, -0.1) is 5.10 Å². The van der Waals surface area contributed by atoms with Crippen LogP contribution in [0.3, 0.4) is 0 Å². The molecule has 3 rings (SSSR count). The van der Waals surface area contributed by atoms with Gasteiger partial charge in [0.2, 0.25) is 11.1 Å². The van der Waals surface area contributed by atoms with Gasteiger partial charge in [0.15, 0.2) is 0 Å². The topological polar surface area (TPSA) is 72.7 Å². The van der Waals surface area contributed by atoms with Gasteiger partial charge in [0.25, 0.3) is 0 Å². The Hall–Kier alpha value is -2.81. The number of halogens is 2. The van der Waals surface area contributed by atoms with Gasteiger partial charge in [-0.3, -0.25) is 4.79 Å². The van der Waals surface area contributed by atoms with Crippen LogP contribution in [0.4, 0.5) is 14.5 Å². The van der Waals surface area contributed by atoms with Crippen LogP contribution >= 0.6 is 11.8 Å². The lowest BCUT2D eigenvalue weighted by Gasteiger charge is -2.13. The van der Waals surface area contributed by atoms with Crippen molar-refractivity contribution in [1.82, 2.24) is 20.2 Å². The predicted molar refractivity (Wildman–Crippen MR) is 98.9 cm³/mol. The fourth-order valence-corrected chi connectivity index (χ4v) is 3.29. The molecule has 140 valence electrons. The molecule has 2 aromatic carbocycles. The largest absolute Gasteiger partial charge is 0.323 e. The number of nitrogens with zero attached hydrogens (tertiary/aromatic N) is 4. The maximum Gasteiger partial charge on any atom is 0.237 e. The van der Waals surface area contributed by atoms with Crippen molar-refractivity contribution in [1.29, 1.82) is 0 Å². The third-order valence-corrected chi connectivity index (χ3v) is 4.89. The van der Waals surface area contributed by atoms with E-state index in [1.54, 1.807) is 11.6 Å². The molecule has 1 N–H and O–H groups in total. The first-order chi connectivity index (χ1) is 12.8. The molecule has 0 aliphatic rings. The second-order valence-electron chi connectivity index (χ2n) is 6.04. The number of rotatable bonds is 5. The Kier molecular flexibility index (Phi) is 5.50. The molecule has 0 aliphatic carbocycles. The normalized spacial score (nSPS) is 12.0. The maximum absolute atomic E-state index is 13.7. The van der Waals surface area contributed by atoms with E-state index in [4.69, 9.17) is 0 Å². The van der Waals surface area contributed by atoms with Crippen LogP contribution in [0.5, 0.6) is 0 Å². The van der Waals surface area contributed by atoms with Gasteiger partial charge in [-0.05, 0) is 55.0 Å². The molecule has 0 bridgehead atoms. The van der Waals surface area contributed by atoms with E-state index in [1.165, 1.54) is 0 Å². The first-order valence-corrected chi connectivity index (χ1v) is 9.01. The molecule has 1 atom stereocenters. The highest BCUT2D eigenvalue weighted by atomic mass is 32.2. The van der Waals surface area contributed by atoms with E-state index in [0.717, 1.165) is 46.8 Å². The quantitative estimate of drug-likeness (QED) is 0.674. The van der Waals surface area contributed by atoms with Crippen molar-refractivity contribution in [3.63, 3.8) is 0 Å². The Bertz CT molecular complexity index is 992.